The summed E-state index contributed by atoms with van der Waals surface area (Å²) < 4.78 is 9.98. The Kier molecular flexibility index (Phi) is 2.44. The average molecular weight is 213 g/mol. The van der Waals surface area contributed by atoms with Gasteiger partial charge in [-0.1, -0.05) is 11.6 Å². The first-order chi connectivity index (χ1) is 6.72. The predicted molar refractivity (Wildman–Crippen MR) is 52.1 cm³/mol. The van der Waals surface area contributed by atoms with Crippen LogP contribution in [0.2, 0.25) is 5.02 Å². The molecule has 0 aromatic heterocycles. The van der Waals surface area contributed by atoms with Gasteiger partial charge in [-0.25, -0.2) is 0 Å². The number of halogens is 1. The van der Waals surface area contributed by atoms with Crippen LogP contribution in [-0.2, 0) is 4.74 Å². The Morgan fingerprint density at radius 1 is 1.64 bits per heavy atom. The lowest BCUT2D eigenvalue weighted by Gasteiger charge is -2.06. The molecule has 0 amide bonds. The molecule has 0 aliphatic carbocycles. The lowest BCUT2D eigenvalue weighted by molar-refractivity contribution is 0.0950. The van der Waals surface area contributed by atoms with Crippen molar-refractivity contribution in [3.05, 3.63) is 28.8 Å². The fourth-order valence-corrected chi connectivity index (χ4v) is 1.42. The Morgan fingerprint density at radius 3 is 2.93 bits per heavy atom. The summed E-state index contributed by atoms with van der Waals surface area (Å²) in [5.41, 5.74) is 0.488. The lowest BCUT2D eigenvalue weighted by Crippen LogP contribution is -2.08. The molecule has 4 heteroatoms. The number of carbonyl (C=O) groups is 1. The normalized spacial score (nSPS) is 19.1. The molecular weight excluding hydrogens is 204 g/mol. The molecule has 0 spiro atoms. The van der Waals surface area contributed by atoms with Crippen LogP contribution in [0, 0.1) is 0 Å². The van der Waals surface area contributed by atoms with E-state index in [0.717, 1.165) is 0 Å². The van der Waals surface area contributed by atoms with Crippen molar-refractivity contribution in [3.8, 4) is 5.75 Å². The number of rotatable bonds is 3. The van der Waals surface area contributed by atoms with Crippen LogP contribution in [0.4, 0.5) is 0 Å². The molecule has 1 atom stereocenters. The zero-order valence-corrected chi connectivity index (χ0v) is 8.38. The summed E-state index contributed by atoms with van der Waals surface area (Å²) in [6.07, 6.45) is -0.303. The Bertz CT molecular complexity index is 372. The minimum absolute atomic E-state index is 0.0654. The molecule has 1 aliphatic rings. The maximum Gasteiger partial charge on any atom is 0.197 e. The second-order valence-electron chi connectivity index (χ2n) is 3.03. The topological polar surface area (TPSA) is 38.8 Å². The summed E-state index contributed by atoms with van der Waals surface area (Å²) in [6.45, 7) is 0.495. The Balaban J connectivity index is 2.37. The molecular formula is C10H9ClO3. The molecule has 2 rings (SSSR count). The number of ether oxygens (including phenoxy) is 2. The SMILES string of the molecule is COc1ccc(Cl)cc1C(=O)C1CO1. The Labute approximate surface area is 86.6 Å². The summed E-state index contributed by atoms with van der Waals surface area (Å²) in [6, 6.07) is 4.97. The first kappa shape index (κ1) is 9.49. The number of carbonyl (C=O) groups excluding carboxylic acids is 1. The van der Waals surface area contributed by atoms with E-state index in [0.29, 0.717) is 22.9 Å². The van der Waals surface area contributed by atoms with Crippen LogP contribution in [0.5, 0.6) is 5.75 Å². The lowest BCUT2D eigenvalue weighted by atomic mass is 10.1. The molecule has 1 aliphatic heterocycles. The van der Waals surface area contributed by atoms with Crippen LogP contribution in [-0.4, -0.2) is 25.6 Å². The van der Waals surface area contributed by atoms with Crippen molar-refractivity contribution < 1.29 is 14.3 Å². The van der Waals surface area contributed by atoms with E-state index >= 15 is 0 Å². The largest absolute Gasteiger partial charge is 0.496 e. The van der Waals surface area contributed by atoms with Gasteiger partial charge in [0.15, 0.2) is 5.78 Å². The summed E-state index contributed by atoms with van der Waals surface area (Å²) in [7, 11) is 1.52. The first-order valence-electron chi connectivity index (χ1n) is 4.21. The van der Waals surface area contributed by atoms with Crippen molar-refractivity contribution in [2.75, 3.05) is 13.7 Å². The van der Waals surface area contributed by atoms with Crippen molar-refractivity contribution in [2.24, 2.45) is 0 Å². The molecule has 0 bridgehead atoms. The van der Waals surface area contributed by atoms with E-state index in [4.69, 9.17) is 21.1 Å². The maximum absolute atomic E-state index is 11.7. The smallest absolute Gasteiger partial charge is 0.197 e. The van der Waals surface area contributed by atoms with Gasteiger partial charge in [0.1, 0.15) is 11.9 Å². The molecule has 1 fully saturated rings. The fourth-order valence-electron chi connectivity index (χ4n) is 1.25. The fraction of sp³-hybridized carbons (Fsp3) is 0.300. The highest BCUT2D eigenvalue weighted by molar-refractivity contribution is 6.31. The van der Waals surface area contributed by atoms with Gasteiger partial charge in [-0.3, -0.25) is 4.79 Å². The minimum atomic E-state index is -0.303. The molecule has 3 nitrogen and oxygen atoms in total. The number of methoxy groups -OCH3 is 1. The van der Waals surface area contributed by atoms with Gasteiger partial charge in [0.05, 0.1) is 19.3 Å². The zero-order chi connectivity index (χ0) is 10.1. The van der Waals surface area contributed by atoms with Crippen molar-refractivity contribution in [3.63, 3.8) is 0 Å². The van der Waals surface area contributed by atoms with Crippen molar-refractivity contribution >= 4 is 17.4 Å². The third kappa shape index (κ3) is 1.74. The highest BCUT2D eigenvalue weighted by atomic mass is 35.5. The summed E-state index contributed by atoms with van der Waals surface area (Å²) in [5, 5.41) is 0.523. The standard InChI is InChI=1S/C10H9ClO3/c1-13-8-3-2-6(11)4-7(8)10(12)9-5-14-9/h2-4,9H,5H2,1H3. The Morgan fingerprint density at radius 2 is 2.36 bits per heavy atom. The number of ketones is 1. The van der Waals surface area contributed by atoms with Gasteiger partial charge in [0, 0.05) is 5.02 Å². The van der Waals surface area contributed by atoms with Crippen molar-refractivity contribution in [1.29, 1.82) is 0 Å². The zero-order valence-electron chi connectivity index (χ0n) is 7.62. The maximum atomic E-state index is 11.7. The van der Waals surface area contributed by atoms with Crippen LogP contribution >= 0.6 is 11.6 Å². The summed E-state index contributed by atoms with van der Waals surface area (Å²) in [5.74, 6) is 0.472. The van der Waals surface area contributed by atoms with Gasteiger partial charge in [0.2, 0.25) is 0 Å². The summed E-state index contributed by atoms with van der Waals surface area (Å²) in [4.78, 5) is 11.7. The van der Waals surface area contributed by atoms with Gasteiger partial charge in [0.25, 0.3) is 0 Å². The second-order valence-corrected chi connectivity index (χ2v) is 3.47. The number of epoxide rings is 1. The highest BCUT2D eigenvalue weighted by Crippen LogP contribution is 2.27. The molecule has 1 aromatic rings. The van der Waals surface area contributed by atoms with E-state index in [1.165, 1.54) is 7.11 Å². The first-order valence-corrected chi connectivity index (χ1v) is 4.59. The van der Waals surface area contributed by atoms with Gasteiger partial charge in [-0.2, -0.15) is 0 Å². The Hall–Kier alpha value is -1.06. The average Bonchev–Trinajstić information content (AvgIpc) is 3.00. The van der Waals surface area contributed by atoms with Crippen molar-refractivity contribution in [2.45, 2.75) is 6.10 Å². The van der Waals surface area contributed by atoms with Crippen LogP contribution in [0.3, 0.4) is 0 Å². The molecule has 74 valence electrons. The van der Waals surface area contributed by atoms with E-state index in [2.05, 4.69) is 0 Å². The number of benzene rings is 1. The summed E-state index contributed by atoms with van der Waals surface area (Å²) >= 11 is 5.79. The number of hydrogen-bond donors (Lipinski definition) is 0. The molecule has 0 radical (unpaired) electrons. The van der Waals surface area contributed by atoms with E-state index in [1.807, 2.05) is 0 Å². The monoisotopic (exact) mass is 212 g/mol. The minimum Gasteiger partial charge on any atom is -0.496 e. The van der Waals surface area contributed by atoms with Crippen LogP contribution in [0.1, 0.15) is 10.4 Å². The van der Waals surface area contributed by atoms with Gasteiger partial charge >= 0.3 is 0 Å². The van der Waals surface area contributed by atoms with Gasteiger partial charge in [-0.15, -0.1) is 0 Å². The van der Waals surface area contributed by atoms with Crippen LogP contribution in [0.25, 0.3) is 0 Å². The van der Waals surface area contributed by atoms with Crippen LogP contribution in [0.15, 0.2) is 18.2 Å². The third-order valence-electron chi connectivity index (χ3n) is 2.05. The van der Waals surface area contributed by atoms with E-state index < -0.39 is 0 Å². The predicted octanol–water partition coefficient (Wildman–Crippen LogP) is 1.93. The van der Waals surface area contributed by atoms with Crippen molar-refractivity contribution in [1.82, 2.24) is 0 Å². The molecule has 1 saturated heterocycles. The van der Waals surface area contributed by atoms with E-state index in [-0.39, 0.29) is 11.9 Å². The van der Waals surface area contributed by atoms with E-state index in [1.54, 1.807) is 18.2 Å². The molecule has 1 aromatic carbocycles. The molecule has 1 heterocycles. The quantitative estimate of drug-likeness (QED) is 0.568. The molecule has 1 unspecified atom stereocenters. The third-order valence-corrected chi connectivity index (χ3v) is 2.29. The molecule has 0 N–H and O–H groups in total. The number of hydrogen-bond acceptors (Lipinski definition) is 3. The molecule has 0 saturated carbocycles. The molecule has 14 heavy (non-hydrogen) atoms. The van der Waals surface area contributed by atoms with E-state index in [9.17, 15) is 4.79 Å². The van der Waals surface area contributed by atoms with Crippen LogP contribution < -0.4 is 4.74 Å². The number of Topliss-reactive ketones (excluding diaryl/α,β-unsaturated/α-hetero) is 1. The second kappa shape index (κ2) is 3.59. The highest BCUT2D eigenvalue weighted by Gasteiger charge is 2.33. The van der Waals surface area contributed by atoms with Gasteiger partial charge < -0.3 is 9.47 Å². The van der Waals surface area contributed by atoms with Gasteiger partial charge in [-0.05, 0) is 18.2 Å².